The molecule has 2 aliphatic rings. The minimum absolute atomic E-state index is 0.00376. The quantitative estimate of drug-likeness (QED) is 0.367. The number of nitrogens with one attached hydrogen (secondary N) is 1. The molecule has 6 rings (SSSR count). The number of amides is 1. The zero-order chi connectivity index (χ0) is 28.2. The largest absolute Gasteiger partial charge is 0.365 e. The van der Waals surface area contributed by atoms with E-state index in [0.29, 0.717) is 49.3 Å². The number of aromatic nitrogens is 4. The molecule has 2 aromatic carbocycles. The van der Waals surface area contributed by atoms with Crippen LogP contribution in [0.25, 0.3) is 16.4 Å². The average molecular weight is 549 g/mol. The fraction of sp³-hybridized carbons (Fsp3) is 0.393. The fourth-order valence-corrected chi connectivity index (χ4v) is 5.52. The average Bonchev–Trinajstić information content (AvgIpc) is 3.61. The molecule has 0 radical (unpaired) electrons. The number of fused-ring (bicyclic) bond motifs is 3. The van der Waals surface area contributed by atoms with E-state index in [1.807, 2.05) is 25.1 Å². The van der Waals surface area contributed by atoms with Gasteiger partial charge in [-0.3, -0.25) is 4.79 Å². The summed E-state index contributed by atoms with van der Waals surface area (Å²) in [7, 11) is 0. The molecule has 2 unspecified atom stereocenters. The molecule has 1 amide bonds. The molecule has 1 aliphatic carbocycles. The summed E-state index contributed by atoms with van der Waals surface area (Å²) in [4.78, 5) is 21.2. The molecule has 1 aliphatic heterocycles. The fourth-order valence-electron chi connectivity index (χ4n) is 5.52. The van der Waals surface area contributed by atoms with Crippen LogP contribution < -0.4 is 10.2 Å². The number of hydrogen-bond acceptors (Lipinski definition) is 7. The monoisotopic (exact) mass is 548 g/mol. The van der Waals surface area contributed by atoms with Gasteiger partial charge < -0.3 is 15.1 Å². The van der Waals surface area contributed by atoms with Crippen molar-refractivity contribution in [1.82, 2.24) is 24.7 Å². The third kappa shape index (κ3) is 4.26. The first kappa shape index (κ1) is 25.9. The maximum Gasteiger partial charge on any atom is 0.266 e. The van der Waals surface area contributed by atoms with Gasteiger partial charge in [0, 0.05) is 47.7 Å². The summed E-state index contributed by atoms with van der Waals surface area (Å²) in [5.74, 6) is -0.632. The molecule has 0 bridgehead atoms. The van der Waals surface area contributed by atoms with E-state index in [0.717, 1.165) is 17.1 Å². The number of piperazine rings is 1. The molecule has 2 aromatic heterocycles. The molecule has 206 valence electrons. The number of carbonyl (C=O) groups excluding carboxylic acids is 1. The first-order chi connectivity index (χ1) is 19.2. The van der Waals surface area contributed by atoms with Crippen LogP contribution in [0.5, 0.6) is 0 Å². The Morgan fingerprint density at radius 2 is 1.95 bits per heavy atom. The second-order valence-corrected chi connectivity index (χ2v) is 10.6. The summed E-state index contributed by atoms with van der Waals surface area (Å²) >= 11 is 0. The molecule has 1 saturated heterocycles. The van der Waals surface area contributed by atoms with Crippen LogP contribution in [-0.2, 0) is 4.79 Å². The van der Waals surface area contributed by atoms with Gasteiger partial charge >= 0.3 is 0 Å². The van der Waals surface area contributed by atoms with Crippen LogP contribution >= 0.6 is 0 Å². The Labute approximate surface area is 228 Å². The lowest BCUT2D eigenvalue weighted by Gasteiger charge is -2.42. The lowest BCUT2D eigenvalue weighted by molar-refractivity contribution is -0.135. The van der Waals surface area contributed by atoms with E-state index < -0.39 is 29.3 Å². The second-order valence-electron chi connectivity index (χ2n) is 10.6. The van der Waals surface area contributed by atoms with E-state index in [2.05, 4.69) is 31.5 Å². The standard InChI is InChI=1S/C28H27F3N8O/c1-16-13-37(27(40)28(14-32)8-9-28)10-11-38(16)18-6-7-20-22(12-18)25(36-39-26(20)33-15-34-39)35-17(2)19-4-3-5-21(23(19)29)24(30)31/h3-7,12,15-17,24H,8-11,13H2,1-2H3,(H,35,36). The van der Waals surface area contributed by atoms with Crippen LogP contribution in [0.15, 0.2) is 42.7 Å². The summed E-state index contributed by atoms with van der Waals surface area (Å²) in [5, 5.41) is 22.8. The van der Waals surface area contributed by atoms with Crippen molar-refractivity contribution in [3.05, 3.63) is 59.7 Å². The summed E-state index contributed by atoms with van der Waals surface area (Å²) in [5.41, 5.74) is 0.0574. The van der Waals surface area contributed by atoms with Crippen molar-refractivity contribution in [2.45, 2.75) is 45.2 Å². The summed E-state index contributed by atoms with van der Waals surface area (Å²) in [6.45, 7) is 5.32. The highest BCUT2D eigenvalue weighted by molar-refractivity contribution is 6.01. The molecule has 0 spiro atoms. The van der Waals surface area contributed by atoms with Gasteiger partial charge in [0.25, 0.3) is 6.43 Å². The van der Waals surface area contributed by atoms with E-state index in [9.17, 15) is 23.2 Å². The molecule has 1 N–H and O–H groups in total. The number of rotatable bonds is 6. The molecule has 40 heavy (non-hydrogen) atoms. The van der Waals surface area contributed by atoms with Crippen molar-refractivity contribution in [2.24, 2.45) is 5.41 Å². The molecule has 1 saturated carbocycles. The van der Waals surface area contributed by atoms with Gasteiger partial charge in [-0.05, 0) is 44.9 Å². The highest BCUT2D eigenvalue weighted by Crippen LogP contribution is 2.47. The van der Waals surface area contributed by atoms with Crippen molar-refractivity contribution in [1.29, 1.82) is 5.26 Å². The Morgan fingerprint density at radius 1 is 1.18 bits per heavy atom. The van der Waals surface area contributed by atoms with Crippen LogP contribution in [-0.4, -0.2) is 56.3 Å². The van der Waals surface area contributed by atoms with Crippen molar-refractivity contribution >= 4 is 33.8 Å². The lowest BCUT2D eigenvalue weighted by Crippen LogP contribution is -2.55. The number of anilines is 2. The number of carbonyl (C=O) groups is 1. The molecule has 4 aromatic rings. The van der Waals surface area contributed by atoms with Crippen molar-refractivity contribution in [2.75, 3.05) is 29.9 Å². The number of hydrogen-bond donors (Lipinski definition) is 1. The lowest BCUT2D eigenvalue weighted by atomic mass is 10.0. The van der Waals surface area contributed by atoms with Crippen molar-refractivity contribution < 1.29 is 18.0 Å². The van der Waals surface area contributed by atoms with Gasteiger partial charge in [-0.25, -0.2) is 18.2 Å². The van der Waals surface area contributed by atoms with Crippen LogP contribution in [0.2, 0.25) is 0 Å². The number of alkyl halides is 2. The SMILES string of the molecule is CC(Nc1nn2ncnc2c2ccc(N3CCN(C(=O)C4(C#N)CC4)CC3C)cc12)c1cccc(C(F)F)c1F. The van der Waals surface area contributed by atoms with Gasteiger partial charge in [-0.15, -0.1) is 14.8 Å². The smallest absolute Gasteiger partial charge is 0.266 e. The maximum absolute atomic E-state index is 14.9. The normalized spacial score (nSPS) is 19.2. The first-order valence-corrected chi connectivity index (χ1v) is 13.2. The Bertz CT molecular complexity index is 1660. The van der Waals surface area contributed by atoms with E-state index in [-0.39, 0.29) is 17.5 Å². The van der Waals surface area contributed by atoms with Crippen molar-refractivity contribution in [3.8, 4) is 6.07 Å². The molecule has 12 heteroatoms. The highest BCUT2D eigenvalue weighted by Gasteiger charge is 2.53. The predicted octanol–water partition coefficient (Wildman–Crippen LogP) is 4.87. The number of nitriles is 1. The van der Waals surface area contributed by atoms with Gasteiger partial charge in [0.1, 0.15) is 17.6 Å². The minimum atomic E-state index is -2.92. The Morgan fingerprint density at radius 3 is 2.65 bits per heavy atom. The Balaban J connectivity index is 1.32. The molecule has 2 atom stereocenters. The maximum atomic E-state index is 14.9. The summed E-state index contributed by atoms with van der Waals surface area (Å²) < 4.78 is 42.9. The van der Waals surface area contributed by atoms with E-state index in [1.54, 1.807) is 11.8 Å². The zero-order valence-corrected chi connectivity index (χ0v) is 22.0. The second kappa shape index (κ2) is 9.66. The highest BCUT2D eigenvalue weighted by atomic mass is 19.3. The van der Waals surface area contributed by atoms with E-state index in [4.69, 9.17) is 0 Å². The molecular weight excluding hydrogens is 521 g/mol. The topological polar surface area (TPSA) is 102 Å². The number of halogens is 3. The van der Waals surface area contributed by atoms with Gasteiger partial charge in [-0.1, -0.05) is 18.2 Å². The zero-order valence-electron chi connectivity index (χ0n) is 22.0. The number of benzene rings is 2. The van der Waals surface area contributed by atoms with Gasteiger partial charge in [0.15, 0.2) is 11.5 Å². The molecule has 2 fully saturated rings. The first-order valence-electron chi connectivity index (χ1n) is 13.2. The van der Waals surface area contributed by atoms with Gasteiger partial charge in [-0.2, -0.15) is 5.26 Å². The van der Waals surface area contributed by atoms with Gasteiger partial charge in [0.05, 0.1) is 17.7 Å². The molecule has 3 heterocycles. The van der Waals surface area contributed by atoms with E-state index in [1.165, 1.54) is 23.1 Å². The van der Waals surface area contributed by atoms with Crippen molar-refractivity contribution in [3.63, 3.8) is 0 Å². The summed E-state index contributed by atoms with van der Waals surface area (Å²) in [6.07, 6.45) is -0.291. The van der Waals surface area contributed by atoms with Crippen LogP contribution in [0, 0.1) is 22.6 Å². The van der Waals surface area contributed by atoms with Crippen LogP contribution in [0.3, 0.4) is 0 Å². The predicted molar refractivity (Wildman–Crippen MR) is 142 cm³/mol. The molecular formula is C28H27F3N8O. The van der Waals surface area contributed by atoms with Crippen LogP contribution in [0.4, 0.5) is 24.7 Å². The Kier molecular flexibility index (Phi) is 6.24. The Hall–Kier alpha value is -4.40. The third-order valence-electron chi connectivity index (χ3n) is 7.96. The van der Waals surface area contributed by atoms with Crippen LogP contribution in [0.1, 0.15) is 50.3 Å². The minimum Gasteiger partial charge on any atom is -0.365 e. The van der Waals surface area contributed by atoms with E-state index >= 15 is 0 Å². The summed E-state index contributed by atoms with van der Waals surface area (Å²) in [6, 6.07) is 11.3. The molecule has 9 nitrogen and oxygen atoms in total. The number of nitrogens with zero attached hydrogens (tertiary/aromatic N) is 7. The van der Waals surface area contributed by atoms with Gasteiger partial charge in [0.2, 0.25) is 5.91 Å². The third-order valence-corrected chi connectivity index (χ3v) is 7.96.